The molecule has 1 aliphatic rings. The maximum atomic E-state index is 12.0. The van der Waals surface area contributed by atoms with Gasteiger partial charge in [-0.3, -0.25) is 0 Å². The second-order valence-electron chi connectivity index (χ2n) is 7.88. The largest absolute Gasteiger partial charge is 0.367 e. The molecule has 0 aliphatic carbocycles. The van der Waals surface area contributed by atoms with Gasteiger partial charge in [0.15, 0.2) is 5.82 Å². The van der Waals surface area contributed by atoms with Crippen molar-refractivity contribution in [3.05, 3.63) is 35.8 Å². The summed E-state index contributed by atoms with van der Waals surface area (Å²) in [6.45, 7) is 8.72. The zero-order valence-corrected chi connectivity index (χ0v) is 16.6. The fraction of sp³-hybridized carbons (Fsp3) is 0.450. The molecule has 0 bridgehead atoms. The summed E-state index contributed by atoms with van der Waals surface area (Å²) in [4.78, 5) is 30.5. The van der Waals surface area contributed by atoms with E-state index in [1.54, 1.807) is 5.06 Å². The smallest absolute Gasteiger partial charge is 0.330 e. The van der Waals surface area contributed by atoms with Crippen molar-refractivity contribution in [2.24, 2.45) is 5.41 Å². The average Bonchev–Trinajstić information content (AvgIpc) is 3.08. The van der Waals surface area contributed by atoms with Crippen LogP contribution in [0.4, 0.5) is 5.82 Å². The summed E-state index contributed by atoms with van der Waals surface area (Å²) < 4.78 is 0. The number of aryl methyl sites for hydroxylation is 1. The van der Waals surface area contributed by atoms with Crippen molar-refractivity contribution >= 4 is 11.8 Å². The molecule has 28 heavy (non-hydrogen) atoms. The number of pyridine rings is 1. The Morgan fingerprint density at radius 2 is 2.04 bits per heavy atom. The summed E-state index contributed by atoms with van der Waals surface area (Å²) in [5.41, 5.74) is 1.52. The molecule has 2 aromatic rings. The summed E-state index contributed by atoms with van der Waals surface area (Å²) in [6.07, 6.45) is 3.86. The van der Waals surface area contributed by atoms with Gasteiger partial charge in [-0.05, 0) is 46.2 Å². The molecule has 8 heteroatoms. The molecule has 3 rings (SSSR count). The number of hydrogen-bond donors (Lipinski definition) is 1. The molecule has 0 amide bonds. The van der Waals surface area contributed by atoms with Gasteiger partial charge >= 0.3 is 5.97 Å². The maximum Gasteiger partial charge on any atom is 0.330 e. The lowest BCUT2D eigenvalue weighted by Crippen LogP contribution is -2.33. The van der Waals surface area contributed by atoms with Gasteiger partial charge in [0.2, 0.25) is 0 Å². The highest BCUT2D eigenvalue weighted by molar-refractivity contribution is 5.75. The molecular formula is C20H24N6O2. The predicted molar refractivity (Wildman–Crippen MR) is 104 cm³/mol. The van der Waals surface area contributed by atoms with E-state index in [1.165, 1.54) is 12.4 Å². The number of hydroxylamine groups is 2. The first-order chi connectivity index (χ1) is 13.3. The minimum absolute atomic E-state index is 0.150. The highest BCUT2D eigenvalue weighted by Gasteiger charge is 2.30. The fourth-order valence-corrected chi connectivity index (χ4v) is 2.79. The van der Waals surface area contributed by atoms with Crippen LogP contribution in [-0.2, 0) is 9.63 Å². The molecular weight excluding hydrogens is 356 g/mol. The van der Waals surface area contributed by atoms with Gasteiger partial charge in [-0.1, -0.05) is 0 Å². The van der Waals surface area contributed by atoms with Crippen molar-refractivity contribution < 1.29 is 9.63 Å². The normalized spacial score (nSPS) is 17.2. The van der Waals surface area contributed by atoms with E-state index in [-0.39, 0.29) is 12.0 Å². The molecule has 0 saturated carbocycles. The SMILES string of the molecule is Cc1nc(N[C@H]2CCN(OC(=O)C(C)(C)C)C2)ccc1-c1ncc(C#N)cn1. The number of anilines is 1. The third-order valence-corrected chi connectivity index (χ3v) is 4.44. The standard InChI is InChI=1S/C20H24N6O2/c1-13-16(18-22-10-14(9-21)11-23-18)5-6-17(24-13)25-15-7-8-26(12-15)28-19(27)20(2,3)4/h5-6,10-11,15H,7-8,12H2,1-4H3,(H,24,25)/t15-/m0/s1. The van der Waals surface area contributed by atoms with E-state index in [9.17, 15) is 4.79 Å². The van der Waals surface area contributed by atoms with Crippen LogP contribution in [-0.4, -0.2) is 45.1 Å². The quantitative estimate of drug-likeness (QED) is 0.863. The van der Waals surface area contributed by atoms with Gasteiger partial charge < -0.3 is 10.2 Å². The molecule has 1 aliphatic heterocycles. The predicted octanol–water partition coefficient (Wildman–Crippen LogP) is 2.71. The van der Waals surface area contributed by atoms with Crippen molar-refractivity contribution in [1.29, 1.82) is 5.26 Å². The number of nitrogens with zero attached hydrogens (tertiary/aromatic N) is 5. The number of nitrogens with one attached hydrogen (secondary N) is 1. The van der Waals surface area contributed by atoms with E-state index < -0.39 is 5.41 Å². The molecule has 3 heterocycles. The number of hydrogen-bond acceptors (Lipinski definition) is 8. The van der Waals surface area contributed by atoms with Crippen LogP contribution in [0.1, 0.15) is 38.4 Å². The highest BCUT2D eigenvalue weighted by atomic mass is 16.7. The topological polar surface area (TPSA) is 104 Å². The number of nitriles is 1. The van der Waals surface area contributed by atoms with E-state index in [0.717, 1.165) is 23.5 Å². The Morgan fingerprint density at radius 1 is 1.32 bits per heavy atom. The zero-order chi connectivity index (χ0) is 20.3. The van der Waals surface area contributed by atoms with E-state index in [2.05, 4.69) is 20.3 Å². The Kier molecular flexibility index (Phi) is 5.56. The number of carbonyl (C=O) groups excluding carboxylic acids is 1. The van der Waals surface area contributed by atoms with Crippen LogP contribution in [0, 0.1) is 23.7 Å². The Hall–Kier alpha value is -3.05. The molecule has 0 radical (unpaired) electrons. The third-order valence-electron chi connectivity index (χ3n) is 4.44. The Morgan fingerprint density at radius 3 is 2.64 bits per heavy atom. The van der Waals surface area contributed by atoms with E-state index in [4.69, 9.17) is 10.1 Å². The third kappa shape index (κ3) is 4.61. The van der Waals surface area contributed by atoms with Gasteiger partial charge in [0.05, 0.1) is 23.2 Å². The lowest BCUT2D eigenvalue weighted by Gasteiger charge is -2.22. The van der Waals surface area contributed by atoms with E-state index >= 15 is 0 Å². The second kappa shape index (κ2) is 7.90. The number of rotatable bonds is 4. The summed E-state index contributed by atoms with van der Waals surface area (Å²) in [7, 11) is 0. The van der Waals surface area contributed by atoms with Crippen LogP contribution in [0.25, 0.3) is 11.4 Å². The molecule has 0 unspecified atom stereocenters. The number of aromatic nitrogens is 3. The van der Waals surface area contributed by atoms with Crippen LogP contribution in [0.5, 0.6) is 0 Å². The summed E-state index contributed by atoms with van der Waals surface area (Å²) in [6, 6.07) is 5.95. The summed E-state index contributed by atoms with van der Waals surface area (Å²) >= 11 is 0. The maximum absolute atomic E-state index is 12.0. The molecule has 2 aromatic heterocycles. The van der Waals surface area contributed by atoms with Crippen molar-refractivity contribution in [3.8, 4) is 17.5 Å². The first-order valence-electron chi connectivity index (χ1n) is 9.20. The van der Waals surface area contributed by atoms with Crippen molar-refractivity contribution in [3.63, 3.8) is 0 Å². The summed E-state index contributed by atoms with van der Waals surface area (Å²) in [5.74, 6) is 1.06. The van der Waals surface area contributed by atoms with Crippen LogP contribution >= 0.6 is 0 Å². The van der Waals surface area contributed by atoms with Crippen molar-refractivity contribution in [2.45, 2.75) is 40.2 Å². The number of carbonyl (C=O) groups is 1. The van der Waals surface area contributed by atoms with Gasteiger partial charge in [-0.2, -0.15) is 5.26 Å². The molecule has 1 N–H and O–H groups in total. The Bertz CT molecular complexity index is 898. The van der Waals surface area contributed by atoms with Crippen LogP contribution in [0.2, 0.25) is 0 Å². The minimum Gasteiger partial charge on any atom is -0.367 e. The van der Waals surface area contributed by atoms with Gasteiger partial charge in [0.25, 0.3) is 0 Å². The molecule has 1 fully saturated rings. The second-order valence-corrected chi connectivity index (χ2v) is 7.88. The first-order valence-corrected chi connectivity index (χ1v) is 9.20. The van der Waals surface area contributed by atoms with Crippen LogP contribution in [0.3, 0.4) is 0 Å². The lowest BCUT2D eigenvalue weighted by molar-refractivity contribution is -0.195. The van der Waals surface area contributed by atoms with Crippen LogP contribution in [0.15, 0.2) is 24.5 Å². The van der Waals surface area contributed by atoms with Crippen molar-refractivity contribution in [1.82, 2.24) is 20.0 Å². The molecule has 146 valence electrons. The molecule has 8 nitrogen and oxygen atoms in total. The fourth-order valence-electron chi connectivity index (χ4n) is 2.79. The van der Waals surface area contributed by atoms with Crippen LogP contribution < -0.4 is 5.32 Å². The monoisotopic (exact) mass is 380 g/mol. The van der Waals surface area contributed by atoms with Gasteiger partial charge in [0, 0.05) is 30.5 Å². The Labute approximate surface area is 164 Å². The molecule has 1 saturated heterocycles. The van der Waals surface area contributed by atoms with E-state index in [1.807, 2.05) is 45.9 Å². The van der Waals surface area contributed by atoms with Gasteiger partial charge in [-0.25, -0.2) is 19.7 Å². The van der Waals surface area contributed by atoms with Gasteiger partial charge in [0.1, 0.15) is 11.9 Å². The van der Waals surface area contributed by atoms with Gasteiger partial charge in [-0.15, -0.1) is 5.06 Å². The average molecular weight is 380 g/mol. The molecule has 1 atom stereocenters. The molecule has 0 spiro atoms. The zero-order valence-electron chi connectivity index (χ0n) is 16.6. The van der Waals surface area contributed by atoms with Crippen molar-refractivity contribution in [2.75, 3.05) is 18.4 Å². The molecule has 0 aromatic carbocycles. The highest BCUT2D eigenvalue weighted by Crippen LogP contribution is 2.23. The minimum atomic E-state index is -0.520. The van der Waals surface area contributed by atoms with E-state index in [0.29, 0.717) is 24.5 Å². The summed E-state index contributed by atoms with van der Waals surface area (Å²) in [5, 5.41) is 13.9. The first kappa shape index (κ1) is 19.7. The Balaban J connectivity index is 1.62. The lowest BCUT2D eigenvalue weighted by atomic mass is 9.98.